The molecule has 1 unspecified atom stereocenters. The predicted molar refractivity (Wildman–Crippen MR) is 238 cm³/mol. The molecule has 0 radical (unpaired) electrons. The number of hydrogen-bond donors (Lipinski definition) is 0. The first kappa shape index (κ1) is 54.4. The molecule has 0 saturated carbocycles. The second-order valence-electron chi connectivity index (χ2n) is 17.3. The second kappa shape index (κ2) is 44.5. The van der Waals surface area contributed by atoms with Gasteiger partial charge >= 0.3 is 17.9 Å². The normalized spacial score (nSPS) is 12.4. The van der Waals surface area contributed by atoms with Crippen molar-refractivity contribution in [2.45, 2.75) is 284 Å². The molecule has 0 aromatic rings. The van der Waals surface area contributed by atoms with Crippen LogP contribution in [0.4, 0.5) is 0 Å². The summed E-state index contributed by atoms with van der Waals surface area (Å²) in [6, 6.07) is 0. The minimum Gasteiger partial charge on any atom is -0.462 e. The van der Waals surface area contributed by atoms with Crippen LogP contribution in [-0.4, -0.2) is 37.2 Å². The van der Waals surface area contributed by atoms with Crippen LogP contribution in [0.15, 0.2) is 0 Å². The van der Waals surface area contributed by atoms with Crippen molar-refractivity contribution in [3.8, 4) is 0 Å². The Morgan fingerprint density at radius 2 is 0.625 bits per heavy atom. The predicted octanol–water partition coefficient (Wildman–Crippen LogP) is 15.9. The van der Waals surface area contributed by atoms with Gasteiger partial charge in [-0.05, 0) is 25.2 Å². The van der Waals surface area contributed by atoms with Crippen LogP contribution in [-0.2, 0) is 28.6 Å². The van der Waals surface area contributed by atoms with E-state index in [1.165, 1.54) is 173 Å². The van der Waals surface area contributed by atoms with Crippen LogP contribution in [0.2, 0.25) is 0 Å². The second-order valence-corrected chi connectivity index (χ2v) is 17.3. The van der Waals surface area contributed by atoms with Crippen LogP contribution < -0.4 is 0 Å². The van der Waals surface area contributed by atoms with Crippen LogP contribution in [0.1, 0.15) is 278 Å². The maximum absolute atomic E-state index is 12.7. The molecular weight excluding hydrogens is 697 g/mol. The molecule has 2 atom stereocenters. The molecule has 0 rings (SSSR count). The van der Waals surface area contributed by atoms with E-state index in [0.717, 1.165) is 63.7 Å². The van der Waals surface area contributed by atoms with Gasteiger partial charge in [0.2, 0.25) is 0 Å². The lowest BCUT2D eigenvalue weighted by atomic mass is 9.99. The fraction of sp³-hybridized carbons (Fsp3) is 0.940. The molecule has 0 aliphatic rings. The van der Waals surface area contributed by atoms with Crippen LogP contribution >= 0.6 is 0 Å². The standard InChI is InChI=1S/C50H96O6/c1-5-8-10-12-14-25-30-34-38-42-49(52)55-45-47(44-54-48(51)41-37-33-28-13-11-9-6-2)56-50(53)43-39-35-31-27-24-22-20-18-16-15-17-19-21-23-26-29-32-36-40-46(4)7-3/h46-47H,5-45H2,1-4H3/t46?,47-/m0/s1. The zero-order valence-electron chi connectivity index (χ0n) is 38.1. The Morgan fingerprint density at radius 3 is 0.929 bits per heavy atom. The van der Waals surface area contributed by atoms with Gasteiger partial charge in [-0.15, -0.1) is 0 Å². The number of hydrogen-bond acceptors (Lipinski definition) is 6. The number of rotatable bonds is 45. The van der Waals surface area contributed by atoms with Crippen molar-refractivity contribution in [2.24, 2.45) is 5.92 Å². The lowest BCUT2D eigenvalue weighted by molar-refractivity contribution is -0.167. The molecule has 0 saturated heterocycles. The Balaban J connectivity index is 4.10. The van der Waals surface area contributed by atoms with Crippen molar-refractivity contribution in [2.75, 3.05) is 13.2 Å². The molecule has 0 aliphatic heterocycles. The van der Waals surface area contributed by atoms with E-state index >= 15 is 0 Å². The fourth-order valence-electron chi connectivity index (χ4n) is 7.48. The summed E-state index contributed by atoms with van der Waals surface area (Å²) in [6.07, 6.45) is 45.3. The monoisotopic (exact) mass is 793 g/mol. The highest BCUT2D eigenvalue weighted by atomic mass is 16.6. The molecule has 6 nitrogen and oxygen atoms in total. The average molecular weight is 793 g/mol. The van der Waals surface area contributed by atoms with Gasteiger partial charge in [0.1, 0.15) is 13.2 Å². The minimum absolute atomic E-state index is 0.0639. The van der Waals surface area contributed by atoms with E-state index in [-0.39, 0.29) is 31.1 Å². The number of carbonyl (C=O) groups excluding carboxylic acids is 3. The molecule has 0 bridgehead atoms. The summed E-state index contributed by atoms with van der Waals surface area (Å²) in [5.74, 6) is 0.0510. The highest BCUT2D eigenvalue weighted by molar-refractivity contribution is 5.71. The summed E-state index contributed by atoms with van der Waals surface area (Å²) in [7, 11) is 0. The highest BCUT2D eigenvalue weighted by Gasteiger charge is 2.19. The lowest BCUT2D eigenvalue weighted by Gasteiger charge is -2.18. The molecule has 0 fully saturated rings. The summed E-state index contributed by atoms with van der Waals surface area (Å²) in [6.45, 7) is 9.01. The first-order valence-corrected chi connectivity index (χ1v) is 24.9. The van der Waals surface area contributed by atoms with Crippen LogP contribution in [0.3, 0.4) is 0 Å². The van der Waals surface area contributed by atoms with E-state index in [4.69, 9.17) is 14.2 Å². The molecule has 6 heteroatoms. The summed E-state index contributed by atoms with van der Waals surface area (Å²) >= 11 is 0. The van der Waals surface area contributed by atoms with Gasteiger partial charge in [0, 0.05) is 19.3 Å². The van der Waals surface area contributed by atoms with E-state index < -0.39 is 6.10 Å². The maximum atomic E-state index is 12.7. The van der Waals surface area contributed by atoms with Gasteiger partial charge < -0.3 is 14.2 Å². The number of ether oxygens (including phenoxy) is 3. The zero-order valence-corrected chi connectivity index (χ0v) is 38.1. The molecule has 0 N–H and O–H groups in total. The van der Waals surface area contributed by atoms with E-state index in [1.54, 1.807) is 0 Å². The molecule has 0 aliphatic carbocycles. The third-order valence-electron chi connectivity index (χ3n) is 11.7. The van der Waals surface area contributed by atoms with E-state index in [0.29, 0.717) is 19.3 Å². The van der Waals surface area contributed by atoms with Crippen molar-refractivity contribution in [1.82, 2.24) is 0 Å². The first-order valence-electron chi connectivity index (χ1n) is 24.9. The first-order chi connectivity index (χ1) is 27.4. The topological polar surface area (TPSA) is 78.9 Å². The summed E-state index contributed by atoms with van der Waals surface area (Å²) in [4.78, 5) is 37.6. The molecule has 332 valence electrons. The SMILES string of the molecule is CCCCCCCCCCCC(=O)OC[C@H](COC(=O)CCCCCCCCC)OC(=O)CCCCCCCCCCCCCCCCCCCCC(C)CC. The minimum atomic E-state index is -0.758. The maximum Gasteiger partial charge on any atom is 0.306 e. The number of unbranched alkanes of at least 4 members (excludes halogenated alkanes) is 31. The van der Waals surface area contributed by atoms with Crippen molar-refractivity contribution >= 4 is 17.9 Å². The Bertz CT molecular complexity index is 843. The lowest BCUT2D eigenvalue weighted by Crippen LogP contribution is -2.30. The van der Waals surface area contributed by atoms with Crippen molar-refractivity contribution in [1.29, 1.82) is 0 Å². The molecule has 0 heterocycles. The Hall–Kier alpha value is -1.59. The van der Waals surface area contributed by atoms with Gasteiger partial charge in [-0.3, -0.25) is 14.4 Å². The van der Waals surface area contributed by atoms with Crippen LogP contribution in [0.25, 0.3) is 0 Å². The summed E-state index contributed by atoms with van der Waals surface area (Å²) < 4.78 is 16.7. The zero-order chi connectivity index (χ0) is 41.0. The van der Waals surface area contributed by atoms with E-state index in [1.807, 2.05) is 0 Å². The smallest absolute Gasteiger partial charge is 0.306 e. The third-order valence-corrected chi connectivity index (χ3v) is 11.7. The van der Waals surface area contributed by atoms with Crippen LogP contribution in [0.5, 0.6) is 0 Å². The summed E-state index contributed by atoms with van der Waals surface area (Å²) in [5, 5.41) is 0. The molecule has 0 amide bonds. The van der Waals surface area contributed by atoms with Gasteiger partial charge in [0.15, 0.2) is 6.10 Å². The Labute approximate surface area is 348 Å². The van der Waals surface area contributed by atoms with Crippen molar-refractivity contribution < 1.29 is 28.6 Å². The Kier molecular flexibility index (Phi) is 43.2. The summed E-state index contributed by atoms with van der Waals surface area (Å²) in [5.41, 5.74) is 0. The molecule has 56 heavy (non-hydrogen) atoms. The van der Waals surface area contributed by atoms with Crippen molar-refractivity contribution in [3.63, 3.8) is 0 Å². The van der Waals surface area contributed by atoms with E-state index in [9.17, 15) is 14.4 Å². The molecular formula is C50H96O6. The fourth-order valence-corrected chi connectivity index (χ4v) is 7.48. The van der Waals surface area contributed by atoms with E-state index in [2.05, 4.69) is 27.7 Å². The molecule has 0 aromatic heterocycles. The van der Waals surface area contributed by atoms with Crippen molar-refractivity contribution in [3.05, 3.63) is 0 Å². The van der Waals surface area contributed by atoms with Gasteiger partial charge in [0.05, 0.1) is 0 Å². The molecule has 0 aromatic carbocycles. The van der Waals surface area contributed by atoms with Gasteiger partial charge in [-0.2, -0.15) is 0 Å². The highest BCUT2D eigenvalue weighted by Crippen LogP contribution is 2.17. The Morgan fingerprint density at radius 1 is 0.357 bits per heavy atom. The third kappa shape index (κ3) is 42.0. The largest absolute Gasteiger partial charge is 0.462 e. The molecule has 0 spiro atoms. The van der Waals surface area contributed by atoms with Gasteiger partial charge in [-0.1, -0.05) is 240 Å². The average Bonchev–Trinajstić information content (AvgIpc) is 3.19. The van der Waals surface area contributed by atoms with Gasteiger partial charge in [-0.25, -0.2) is 0 Å². The van der Waals surface area contributed by atoms with Crippen LogP contribution in [0, 0.1) is 5.92 Å². The number of carbonyl (C=O) groups is 3. The quantitative estimate of drug-likeness (QED) is 0.0347. The number of esters is 3. The van der Waals surface area contributed by atoms with Gasteiger partial charge in [0.25, 0.3) is 0 Å².